The van der Waals surface area contributed by atoms with E-state index in [0.717, 1.165) is 12.1 Å². The molecule has 0 radical (unpaired) electrons. The lowest BCUT2D eigenvalue weighted by atomic mass is 9.94. The average molecular weight is 496 g/mol. The van der Waals surface area contributed by atoms with Gasteiger partial charge in [-0.25, -0.2) is 30.4 Å². The molecule has 0 saturated carbocycles. The molecule has 0 N–H and O–H groups in total. The Balaban J connectivity index is 1.63. The van der Waals surface area contributed by atoms with Gasteiger partial charge in [-0.05, 0) is 36.2 Å². The van der Waals surface area contributed by atoms with Gasteiger partial charge in [0.2, 0.25) is 14.8 Å². The van der Waals surface area contributed by atoms with Crippen molar-refractivity contribution in [2.24, 2.45) is 0 Å². The molecular weight excluding hydrogens is 473 g/mol. The molecule has 34 heavy (non-hydrogen) atoms. The number of sulfone groups is 1. The van der Waals surface area contributed by atoms with Gasteiger partial charge in [0.15, 0.2) is 0 Å². The SMILES string of the molecule is O=S(=O)(c1ccccc1)C1(F)CCN(C(Cc2ccc(F)cc2F)c2ccc(F)cc2F)CC1. The van der Waals surface area contributed by atoms with Crippen LogP contribution in [0, 0.1) is 23.3 Å². The fourth-order valence-electron chi connectivity index (χ4n) is 4.35. The molecule has 1 aliphatic rings. The molecule has 1 atom stereocenters. The lowest BCUT2D eigenvalue weighted by Crippen LogP contribution is -2.47. The van der Waals surface area contributed by atoms with Crippen LogP contribution in [0.25, 0.3) is 0 Å². The Hall–Kier alpha value is -2.78. The Bertz CT molecular complexity index is 1280. The normalized spacial score (nSPS) is 17.4. The predicted octanol–water partition coefficient (Wildman–Crippen LogP) is 5.76. The van der Waals surface area contributed by atoms with E-state index in [2.05, 4.69) is 0 Å². The number of hydrogen-bond donors (Lipinski definition) is 0. The summed E-state index contributed by atoms with van der Waals surface area (Å²) in [6.45, 7) is -0.125. The van der Waals surface area contributed by atoms with Crippen molar-refractivity contribution in [3.8, 4) is 0 Å². The van der Waals surface area contributed by atoms with E-state index in [1.807, 2.05) is 0 Å². The first-order valence-corrected chi connectivity index (χ1v) is 12.2. The Labute approximate surface area is 194 Å². The van der Waals surface area contributed by atoms with Crippen molar-refractivity contribution in [3.63, 3.8) is 0 Å². The van der Waals surface area contributed by atoms with E-state index in [4.69, 9.17) is 0 Å². The number of nitrogens with zero attached hydrogens (tertiary/aromatic N) is 1. The van der Waals surface area contributed by atoms with Crippen LogP contribution in [0.5, 0.6) is 0 Å². The first-order chi connectivity index (χ1) is 16.1. The third kappa shape index (κ3) is 4.72. The second kappa shape index (κ2) is 9.46. The van der Waals surface area contributed by atoms with Gasteiger partial charge in [-0.2, -0.15) is 0 Å². The average Bonchev–Trinajstić information content (AvgIpc) is 2.80. The molecule has 1 fully saturated rings. The summed E-state index contributed by atoms with van der Waals surface area (Å²) < 4.78 is 97.5. The van der Waals surface area contributed by atoms with Gasteiger partial charge in [0.05, 0.1) is 4.90 Å². The largest absolute Gasteiger partial charge is 0.296 e. The smallest absolute Gasteiger partial charge is 0.217 e. The van der Waals surface area contributed by atoms with Crippen molar-refractivity contribution < 1.29 is 30.4 Å². The van der Waals surface area contributed by atoms with E-state index in [9.17, 15) is 26.0 Å². The number of piperidine rings is 1. The summed E-state index contributed by atoms with van der Waals surface area (Å²) in [7, 11) is -4.28. The van der Waals surface area contributed by atoms with Gasteiger partial charge in [-0.15, -0.1) is 0 Å². The minimum absolute atomic E-state index is 0.0578. The number of halogens is 5. The Morgan fingerprint density at radius 2 is 1.41 bits per heavy atom. The maximum absolute atomic E-state index is 15.7. The molecule has 3 aromatic carbocycles. The topological polar surface area (TPSA) is 37.4 Å². The summed E-state index contributed by atoms with van der Waals surface area (Å²) in [5, 5.41) is -2.52. The molecule has 1 saturated heterocycles. The summed E-state index contributed by atoms with van der Waals surface area (Å²) in [6, 6.07) is 12.5. The van der Waals surface area contributed by atoms with Crippen LogP contribution in [0.1, 0.15) is 30.0 Å². The highest BCUT2D eigenvalue weighted by Gasteiger charge is 2.48. The van der Waals surface area contributed by atoms with Crippen LogP contribution in [0.3, 0.4) is 0 Å². The molecule has 0 aromatic heterocycles. The van der Waals surface area contributed by atoms with Crippen molar-refractivity contribution in [1.29, 1.82) is 0 Å². The van der Waals surface area contributed by atoms with E-state index in [0.29, 0.717) is 12.1 Å². The third-order valence-electron chi connectivity index (χ3n) is 6.27. The molecular formula is C25H22F5NO2S. The number of alkyl halides is 1. The molecule has 1 aliphatic heterocycles. The van der Waals surface area contributed by atoms with Crippen LogP contribution in [-0.4, -0.2) is 31.4 Å². The molecule has 9 heteroatoms. The van der Waals surface area contributed by atoms with E-state index in [1.165, 1.54) is 36.4 Å². The Morgan fingerprint density at radius 3 is 2.00 bits per heavy atom. The van der Waals surface area contributed by atoms with Gasteiger partial charge in [0, 0.05) is 49.7 Å². The zero-order valence-electron chi connectivity index (χ0n) is 18.0. The van der Waals surface area contributed by atoms with Gasteiger partial charge in [-0.3, -0.25) is 4.90 Å². The second-order valence-corrected chi connectivity index (χ2v) is 10.6. The fourth-order valence-corrected chi connectivity index (χ4v) is 6.01. The highest BCUT2D eigenvalue weighted by atomic mass is 32.2. The molecule has 0 aliphatic carbocycles. The van der Waals surface area contributed by atoms with Crippen molar-refractivity contribution in [1.82, 2.24) is 4.90 Å². The molecule has 0 bridgehead atoms. The van der Waals surface area contributed by atoms with Crippen molar-refractivity contribution in [3.05, 3.63) is 101 Å². The maximum atomic E-state index is 15.7. The minimum Gasteiger partial charge on any atom is -0.296 e. The summed E-state index contributed by atoms with van der Waals surface area (Å²) in [5.74, 6) is -3.24. The van der Waals surface area contributed by atoms with E-state index >= 15 is 4.39 Å². The molecule has 1 unspecified atom stereocenters. The number of benzene rings is 3. The molecule has 3 nitrogen and oxygen atoms in total. The number of hydrogen-bond acceptors (Lipinski definition) is 3. The van der Waals surface area contributed by atoms with Crippen LogP contribution >= 0.6 is 0 Å². The summed E-state index contributed by atoms with van der Waals surface area (Å²) in [4.78, 5) is 1.53. The van der Waals surface area contributed by atoms with Crippen LogP contribution in [0.2, 0.25) is 0 Å². The van der Waals surface area contributed by atoms with Crippen molar-refractivity contribution in [2.75, 3.05) is 13.1 Å². The monoisotopic (exact) mass is 495 g/mol. The molecule has 4 rings (SSSR count). The molecule has 1 heterocycles. The highest BCUT2D eigenvalue weighted by molar-refractivity contribution is 7.92. The van der Waals surface area contributed by atoms with Crippen LogP contribution < -0.4 is 0 Å². The van der Waals surface area contributed by atoms with E-state index < -0.39 is 44.1 Å². The van der Waals surface area contributed by atoms with E-state index in [1.54, 1.807) is 11.0 Å². The van der Waals surface area contributed by atoms with Crippen LogP contribution in [0.15, 0.2) is 71.6 Å². The highest BCUT2D eigenvalue weighted by Crippen LogP contribution is 2.40. The third-order valence-corrected chi connectivity index (χ3v) is 8.53. The molecule has 0 amide bonds. The number of likely N-dealkylation sites (tertiary alicyclic amines) is 1. The van der Waals surface area contributed by atoms with Crippen LogP contribution in [-0.2, 0) is 16.3 Å². The van der Waals surface area contributed by atoms with Crippen molar-refractivity contribution >= 4 is 9.84 Å². The van der Waals surface area contributed by atoms with Gasteiger partial charge < -0.3 is 0 Å². The minimum atomic E-state index is -4.28. The lowest BCUT2D eigenvalue weighted by Gasteiger charge is -2.40. The number of rotatable bonds is 6. The maximum Gasteiger partial charge on any atom is 0.217 e. The first kappa shape index (κ1) is 24.3. The summed E-state index contributed by atoms with van der Waals surface area (Å²) in [6.07, 6.45) is -0.857. The zero-order chi connectivity index (χ0) is 24.5. The Morgan fingerprint density at radius 1 is 0.824 bits per heavy atom. The quantitative estimate of drug-likeness (QED) is 0.408. The zero-order valence-corrected chi connectivity index (χ0v) is 18.8. The van der Waals surface area contributed by atoms with Crippen LogP contribution in [0.4, 0.5) is 22.0 Å². The molecule has 0 spiro atoms. The van der Waals surface area contributed by atoms with Gasteiger partial charge in [0.1, 0.15) is 23.3 Å². The summed E-state index contributed by atoms with van der Waals surface area (Å²) >= 11 is 0. The standard InChI is InChI=1S/C25H22F5NO2S/c26-18-7-6-17(22(28)15-18)14-24(21-9-8-19(27)16-23(21)29)31-12-10-25(30,11-13-31)34(32,33)20-4-2-1-3-5-20/h1-9,15-16,24H,10-14H2. The predicted molar refractivity (Wildman–Crippen MR) is 117 cm³/mol. The first-order valence-electron chi connectivity index (χ1n) is 10.7. The molecule has 180 valence electrons. The van der Waals surface area contributed by atoms with Gasteiger partial charge in [-0.1, -0.05) is 30.3 Å². The van der Waals surface area contributed by atoms with Crippen molar-refractivity contribution in [2.45, 2.75) is 35.2 Å². The lowest BCUT2D eigenvalue weighted by molar-refractivity contribution is 0.0855. The summed E-state index contributed by atoms with van der Waals surface area (Å²) in [5.41, 5.74) is 0.159. The van der Waals surface area contributed by atoms with Gasteiger partial charge in [0.25, 0.3) is 0 Å². The molecule has 3 aromatic rings. The second-order valence-electron chi connectivity index (χ2n) is 8.36. The fraction of sp³-hybridized carbons (Fsp3) is 0.280. The Kier molecular flexibility index (Phi) is 6.78. The van der Waals surface area contributed by atoms with E-state index in [-0.39, 0.29) is 48.4 Å². The van der Waals surface area contributed by atoms with Gasteiger partial charge >= 0.3 is 0 Å².